The number of carbonyl (C=O) groups is 1. The molecular formula is C23H22Cl2N10OS. The minimum atomic E-state index is -0.295. The second-order valence-electron chi connectivity index (χ2n) is 8.22. The van der Waals surface area contributed by atoms with E-state index in [4.69, 9.17) is 23.2 Å². The van der Waals surface area contributed by atoms with E-state index in [-0.39, 0.29) is 5.91 Å². The molecule has 0 bridgehead atoms. The largest absolute Gasteiger partial charge is 0.352 e. The van der Waals surface area contributed by atoms with Crippen LogP contribution in [0.5, 0.6) is 0 Å². The van der Waals surface area contributed by atoms with Crippen LogP contribution < -0.4 is 20.4 Å². The summed E-state index contributed by atoms with van der Waals surface area (Å²) < 4.78 is 0. The number of thiazole rings is 1. The smallest absolute Gasteiger partial charge is 0.267 e. The van der Waals surface area contributed by atoms with Gasteiger partial charge < -0.3 is 15.1 Å². The van der Waals surface area contributed by atoms with Gasteiger partial charge >= 0.3 is 0 Å². The fourth-order valence-electron chi connectivity index (χ4n) is 3.78. The summed E-state index contributed by atoms with van der Waals surface area (Å²) in [4.78, 5) is 43.6. The van der Waals surface area contributed by atoms with Gasteiger partial charge in [0.05, 0.1) is 29.3 Å². The van der Waals surface area contributed by atoms with E-state index in [1.165, 1.54) is 23.7 Å². The van der Waals surface area contributed by atoms with Crippen LogP contribution in [0.15, 0.2) is 36.8 Å². The molecule has 14 heteroatoms. The highest BCUT2D eigenvalue weighted by Crippen LogP contribution is 2.28. The maximum atomic E-state index is 12.8. The maximum absolute atomic E-state index is 12.8. The number of nitrogens with zero attached hydrogens (tertiary/aromatic N) is 8. The van der Waals surface area contributed by atoms with Crippen molar-refractivity contribution in [2.75, 3.05) is 46.6 Å². The molecule has 0 radical (unpaired) electrons. The number of aryl methyl sites for hydroxylation is 2. The van der Waals surface area contributed by atoms with Gasteiger partial charge in [-0.3, -0.25) is 15.1 Å². The summed E-state index contributed by atoms with van der Waals surface area (Å²) in [6, 6.07) is 5.45. The topological polar surface area (TPSA) is 125 Å². The zero-order valence-electron chi connectivity index (χ0n) is 19.9. The first-order valence-corrected chi connectivity index (χ1v) is 12.9. The number of hydrogen-bond acceptors (Lipinski definition) is 11. The number of aromatic nitrogens is 6. The van der Waals surface area contributed by atoms with E-state index in [9.17, 15) is 4.79 Å². The van der Waals surface area contributed by atoms with Gasteiger partial charge in [0.25, 0.3) is 5.91 Å². The van der Waals surface area contributed by atoms with Crippen LogP contribution in [-0.4, -0.2) is 62.0 Å². The van der Waals surface area contributed by atoms with E-state index < -0.39 is 0 Å². The number of amides is 1. The lowest BCUT2D eigenvalue weighted by atomic mass is 10.2. The molecule has 11 nitrogen and oxygen atoms in total. The molecule has 0 atom stereocenters. The van der Waals surface area contributed by atoms with E-state index in [1.54, 1.807) is 19.2 Å². The maximum Gasteiger partial charge on any atom is 0.267 e. The first-order valence-electron chi connectivity index (χ1n) is 11.3. The summed E-state index contributed by atoms with van der Waals surface area (Å²) in [5.41, 5.74) is 1.45. The molecule has 190 valence electrons. The van der Waals surface area contributed by atoms with Gasteiger partial charge in [-0.2, -0.15) is 15.0 Å². The lowest BCUT2D eigenvalue weighted by Crippen LogP contribution is -2.47. The Balaban J connectivity index is 1.25. The molecule has 0 saturated carbocycles. The van der Waals surface area contributed by atoms with E-state index in [0.29, 0.717) is 56.7 Å². The summed E-state index contributed by atoms with van der Waals surface area (Å²) in [6.07, 6.45) is 4.72. The second kappa shape index (κ2) is 10.8. The van der Waals surface area contributed by atoms with Gasteiger partial charge in [0.15, 0.2) is 5.13 Å². The molecule has 5 rings (SSSR count). The normalized spacial score (nSPS) is 13.5. The summed E-state index contributed by atoms with van der Waals surface area (Å²) >= 11 is 13.4. The number of piperazine rings is 1. The van der Waals surface area contributed by atoms with Crippen molar-refractivity contribution in [2.45, 2.75) is 13.8 Å². The number of carbonyl (C=O) groups excluding carboxylic acids is 1. The standard InChI is InChI=1S/C23H22Cl2N10OS/c1-13-4-3-5-15(24)19(13)31-20(36)16-10-27-23(37-16)33-21-28-14(2)29-22(32-21)35-8-6-34(7-9-35)18-12-26-11-17(25)30-18/h3-5,10-12H,6-9H2,1-2H3,(H,31,36)(H,27,28,29,32,33). The molecule has 1 amide bonds. The van der Waals surface area contributed by atoms with Crippen molar-refractivity contribution >= 4 is 69.0 Å². The number of benzene rings is 1. The average molecular weight is 557 g/mol. The first kappa shape index (κ1) is 25.1. The summed E-state index contributed by atoms with van der Waals surface area (Å²) in [5.74, 6) is 1.94. The number of halogens is 2. The first-order chi connectivity index (χ1) is 17.9. The zero-order chi connectivity index (χ0) is 25.9. The van der Waals surface area contributed by atoms with E-state index >= 15 is 0 Å². The summed E-state index contributed by atoms with van der Waals surface area (Å²) in [5, 5.41) is 7.28. The van der Waals surface area contributed by atoms with Crippen LogP contribution in [0, 0.1) is 13.8 Å². The van der Waals surface area contributed by atoms with Crippen molar-refractivity contribution in [2.24, 2.45) is 0 Å². The number of nitrogens with one attached hydrogen (secondary N) is 2. The summed E-state index contributed by atoms with van der Waals surface area (Å²) in [6.45, 7) is 6.52. The van der Waals surface area contributed by atoms with Crippen LogP contribution in [0.2, 0.25) is 10.2 Å². The highest BCUT2D eigenvalue weighted by atomic mass is 35.5. The predicted octanol–water partition coefficient (Wildman–Crippen LogP) is 4.36. The van der Waals surface area contributed by atoms with Crippen molar-refractivity contribution < 1.29 is 4.79 Å². The van der Waals surface area contributed by atoms with Crippen LogP contribution in [-0.2, 0) is 0 Å². The monoisotopic (exact) mass is 556 g/mol. The van der Waals surface area contributed by atoms with Crippen molar-refractivity contribution in [1.82, 2.24) is 29.9 Å². The van der Waals surface area contributed by atoms with Gasteiger partial charge in [0.2, 0.25) is 11.9 Å². The highest BCUT2D eigenvalue weighted by Gasteiger charge is 2.22. The third-order valence-corrected chi connectivity index (χ3v) is 7.03. The predicted molar refractivity (Wildman–Crippen MR) is 146 cm³/mol. The van der Waals surface area contributed by atoms with Crippen molar-refractivity contribution in [3.63, 3.8) is 0 Å². The lowest BCUT2D eigenvalue weighted by Gasteiger charge is -2.35. The Morgan fingerprint density at radius 2 is 1.76 bits per heavy atom. The molecule has 0 aliphatic carbocycles. The summed E-state index contributed by atoms with van der Waals surface area (Å²) in [7, 11) is 0. The second-order valence-corrected chi connectivity index (χ2v) is 10.0. The number of para-hydroxylation sites is 1. The van der Waals surface area contributed by atoms with E-state index in [2.05, 4.69) is 50.3 Å². The van der Waals surface area contributed by atoms with E-state index in [0.717, 1.165) is 24.5 Å². The zero-order valence-corrected chi connectivity index (χ0v) is 22.3. The van der Waals surface area contributed by atoms with Gasteiger partial charge in [-0.15, -0.1) is 0 Å². The molecule has 2 N–H and O–H groups in total. The van der Waals surface area contributed by atoms with Gasteiger partial charge in [-0.05, 0) is 25.5 Å². The molecule has 4 aromatic rings. The van der Waals surface area contributed by atoms with Gasteiger partial charge in [0, 0.05) is 26.2 Å². The Labute approximate surface area is 226 Å². The average Bonchev–Trinajstić information content (AvgIpc) is 3.34. The van der Waals surface area contributed by atoms with Gasteiger partial charge in [-0.1, -0.05) is 46.7 Å². The lowest BCUT2D eigenvalue weighted by molar-refractivity contribution is 0.103. The highest BCUT2D eigenvalue weighted by molar-refractivity contribution is 7.17. The Morgan fingerprint density at radius 3 is 2.51 bits per heavy atom. The van der Waals surface area contributed by atoms with Crippen molar-refractivity contribution in [3.05, 3.63) is 63.2 Å². The molecule has 37 heavy (non-hydrogen) atoms. The number of hydrogen-bond donors (Lipinski definition) is 2. The third-order valence-electron chi connectivity index (χ3n) is 5.62. The fraction of sp³-hybridized carbons (Fsp3) is 0.261. The molecule has 1 aliphatic heterocycles. The Kier molecular flexibility index (Phi) is 7.31. The van der Waals surface area contributed by atoms with Crippen LogP contribution in [0.25, 0.3) is 0 Å². The molecule has 4 heterocycles. The SMILES string of the molecule is Cc1nc(Nc2ncc(C(=O)Nc3c(C)cccc3Cl)s2)nc(N2CCN(c3cncc(Cl)n3)CC2)n1. The van der Waals surface area contributed by atoms with Gasteiger partial charge in [-0.25, -0.2) is 9.97 Å². The van der Waals surface area contributed by atoms with Crippen LogP contribution in [0.4, 0.5) is 28.5 Å². The third kappa shape index (κ3) is 5.87. The molecule has 1 fully saturated rings. The quantitative estimate of drug-likeness (QED) is 0.353. The minimum Gasteiger partial charge on any atom is -0.352 e. The molecular weight excluding hydrogens is 535 g/mol. The van der Waals surface area contributed by atoms with Crippen molar-refractivity contribution in [3.8, 4) is 0 Å². The minimum absolute atomic E-state index is 0.295. The van der Waals surface area contributed by atoms with Crippen LogP contribution in [0.1, 0.15) is 21.1 Å². The fourth-order valence-corrected chi connectivity index (χ4v) is 4.90. The molecule has 0 unspecified atom stereocenters. The molecule has 1 saturated heterocycles. The van der Waals surface area contributed by atoms with Gasteiger partial charge in [0.1, 0.15) is 21.7 Å². The number of rotatable bonds is 6. The molecule has 0 spiro atoms. The Hall–Kier alpha value is -3.61. The van der Waals surface area contributed by atoms with Crippen LogP contribution in [0.3, 0.4) is 0 Å². The molecule has 1 aliphatic rings. The molecule has 3 aromatic heterocycles. The number of anilines is 5. The Morgan fingerprint density at radius 1 is 0.973 bits per heavy atom. The Bertz CT molecular complexity index is 1420. The molecule has 1 aromatic carbocycles. The van der Waals surface area contributed by atoms with Crippen molar-refractivity contribution in [1.29, 1.82) is 0 Å². The van der Waals surface area contributed by atoms with Crippen LogP contribution >= 0.6 is 34.5 Å². The van der Waals surface area contributed by atoms with E-state index in [1.807, 2.05) is 19.1 Å².